The molecule has 11 heteroatoms. The molecule has 0 saturated heterocycles. The lowest BCUT2D eigenvalue weighted by molar-refractivity contribution is -0.274. The third kappa shape index (κ3) is 7.33. The van der Waals surface area contributed by atoms with Gasteiger partial charge in [-0.15, -0.1) is 13.2 Å². The van der Waals surface area contributed by atoms with Gasteiger partial charge in [0.05, 0.1) is 24.0 Å². The first-order chi connectivity index (χ1) is 13.5. The van der Waals surface area contributed by atoms with Crippen LogP contribution in [0.25, 0.3) is 0 Å². The van der Waals surface area contributed by atoms with Gasteiger partial charge in [0, 0.05) is 4.47 Å². The van der Waals surface area contributed by atoms with Crippen LogP contribution in [0.2, 0.25) is 0 Å². The normalized spacial score (nSPS) is 13.0. The van der Waals surface area contributed by atoms with Crippen LogP contribution in [0, 0.1) is 0 Å². The van der Waals surface area contributed by atoms with E-state index in [9.17, 15) is 26.4 Å². The van der Waals surface area contributed by atoms with Crippen molar-refractivity contribution in [3.05, 3.63) is 58.6 Å². The number of sulfonamides is 1. The Kier molecular flexibility index (Phi) is 7.66. The average Bonchev–Trinajstić information content (AvgIpc) is 2.60. The smallest absolute Gasteiger partial charge is 0.466 e. The van der Waals surface area contributed by atoms with E-state index in [-0.39, 0.29) is 17.9 Å². The molecule has 0 fully saturated rings. The molecule has 1 atom stereocenters. The minimum Gasteiger partial charge on any atom is -0.466 e. The maximum Gasteiger partial charge on any atom is 0.573 e. The van der Waals surface area contributed by atoms with Gasteiger partial charge in [0.15, 0.2) is 0 Å². The molecule has 0 aliphatic rings. The maximum absolute atomic E-state index is 12.7. The zero-order valence-electron chi connectivity index (χ0n) is 15.1. The van der Waals surface area contributed by atoms with Gasteiger partial charge in [-0.2, -0.15) is 0 Å². The molecule has 1 N–H and O–H groups in total. The van der Waals surface area contributed by atoms with E-state index in [0.29, 0.717) is 10.0 Å². The largest absolute Gasteiger partial charge is 0.573 e. The molecule has 0 aliphatic carbocycles. The molecule has 0 unspecified atom stereocenters. The van der Waals surface area contributed by atoms with Crippen LogP contribution in [-0.2, 0) is 19.6 Å². The summed E-state index contributed by atoms with van der Waals surface area (Å²) in [5, 5.41) is 0. The van der Waals surface area contributed by atoms with E-state index in [0.717, 1.165) is 24.3 Å². The van der Waals surface area contributed by atoms with Crippen molar-refractivity contribution in [3.8, 4) is 5.75 Å². The van der Waals surface area contributed by atoms with Crippen LogP contribution in [0.1, 0.15) is 24.9 Å². The molecule has 2 rings (SSSR count). The SMILES string of the molecule is CCOC(=O)C[C@H](NS(=O)(=O)c1ccc(OC(F)(F)F)cc1)c1cccc(Br)c1. The Morgan fingerprint density at radius 1 is 1.17 bits per heavy atom. The lowest BCUT2D eigenvalue weighted by Crippen LogP contribution is -2.30. The number of hydrogen-bond acceptors (Lipinski definition) is 5. The third-order valence-corrected chi connectivity index (χ3v) is 5.57. The number of carbonyl (C=O) groups excluding carboxylic acids is 1. The average molecular weight is 496 g/mol. The Morgan fingerprint density at radius 2 is 1.83 bits per heavy atom. The summed E-state index contributed by atoms with van der Waals surface area (Å²) in [6, 6.07) is 9.49. The standard InChI is InChI=1S/C18H17BrF3NO5S/c1-2-27-17(24)11-16(12-4-3-5-13(19)10-12)23-29(25,26)15-8-6-14(7-9-15)28-18(20,21)22/h3-10,16,23H,2,11H2,1H3/t16-/m0/s1. The molecule has 0 bridgehead atoms. The number of esters is 1. The van der Waals surface area contributed by atoms with Crippen molar-refractivity contribution >= 4 is 31.9 Å². The summed E-state index contributed by atoms with van der Waals surface area (Å²) in [4.78, 5) is 11.6. The van der Waals surface area contributed by atoms with Crippen molar-refractivity contribution in [2.75, 3.05) is 6.61 Å². The van der Waals surface area contributed by atoms with Gasteiger partial charge in [-0.1, -0.05) is 28.1 Å². The minimum absolute atomic E-state index is 0.136. The second kappa shape index (κ2) is 9.59. The Morgan fingerprint density at radius 3 is 2.38 bits per heavy atom. The monoisotopic (exact) mass is 495 g/mol. The molecule has 158 valence electrons. The van der Waals surface area contributed by atoms with Crippen molar-refractivity contribution in [3.63, 3.8) is 0 Å². The maximum atomic E-state index is 12.7. The van der Waals surface area contributed by atoms with Crippen molar-refractivity contribution in [1.82, 2.24) is 4.72 Å². The predicted octanol–water partition coefficient (Wildman–Crippen LogP) is 4.32. The number of alkyl halides is 3. The molecule has 0 radical (unpaired) electrons. The summed E-state index contributed by atoms with van der Waals surface area (Å²) >= 11 is 3.28. The Balaban J connectivity index is 2.27. The van der Waals surface area contributed by atoms with Crippen LogP contribution in [0.15, 0.2) is 57.9 Å². The molecular formula is C18H17BrF3NO5S. The lowest BCUT2D eigenvalue weighted by atomic mass is 10.1. The highest BCUT2D eigenvalue weighted by Crippen LogP contribution is 2.26. The molecule has 0 aromatic heterocycles. The predicted molar refractivity (Wildman–Crippen MR) is 102 cm³/mol. The van der Waals surface area contributed by atoms with Gasteiger partial charge >= 0.3 is 12.3 Å². The van der Waals surface area contributed by atoms with Crippen LogP contribution in [0.4, 0.5) is 13.2 Å². The van der Waals surface area contributed by atoms with Crippen LogP contribution >= 0.6 is 15.9 Å². The number of hydrogen-bond donors (Lipinski definition) is 1. The first kappa shape index (κ1) is 23.2. The van der Waals surface area contributed by atoms with E-state index in [1.165, 1.54) is 0 Å². The zero-order chi connectivity index (χ0) is 21.7. The summed E-state index contributed by atoms with van der Waals surface area (Å²) in [5.41, 5.74) is 0.507. The Bertz CT molecular complexity index is 949. The summed E-state index contributed by atoms with van der Waals surface area (Å²) in [5.74, 6) is -1.15. The Hall–Kier alpha value is -2.11. The minimum atomic E-state index is -4.88. The summed E-state index contributed by atoms with van der Waals surface area (Å²) in [6.45, 7) is 1.76. The quantitative estimate of drug-likeness (QED) is 0.551. The summed E-state index contributed by atoms with van der Waals surface area (Å²) in [6.07, 6.45) is -5.15. The van der Waals surface area contributed by atoms with E-state index < -0.39 is 34.1 Å². The first-order valence-electron chi connectivity index (χ1n) is 8.29. The van der Waals surface area contributed by atoms with Crippen LogP contribution in [-0.4, -0.2) is 27.4 Å². The highest BCUT2D eigenvalue weighted by molar-refractivity contribution is 9.10. The van der Waals surface area contributed by atoms with Crippen molar-refractivity contribution in [2.24, 2.45) is 0 Å². The molecule has 29 heavy (non-hydrogen) atoms. The molecule has 6 nitrogen and oxygen atoms in total. The Labute approximate surface area is 174 Å². The van der Waals surface area contributed by atoms with E-state index in [1.54, 1.807) is 31.2 Å². The van der Waals surface area contributed by atoms with Gasteiger partial charge in [-0.3, -0.25) is 4.79 Å². The number of rotatable bonds is 8. The van der Waals surface area contributed by atoms with E-state index in [1.807, 2.05) is 0 Å². The molecule has 0 saturated carbocycles. The first-order valence-corrected chi connectivity index (χ1v) is 10.6. The highest BCUT2D eigenvalue weighted by Gasteiger charge is 2.31. The van der Waals surface area contributed by atoms with Crippen molar-refractivity contribution in [1.29, 1.82) is 0 Å². The summed E-state index contributed by atoms with van der Waals surface area (Å²) in [7, 11) is -4.15. The van der Waals surface area contributed by atoms with Gasteiger partial charge in [-0.05, 0) is 48.9 Å². The van der Waals surface area contributed by atoms with Crippen LogP contribution in [0.3, 0.4) is 0 Å². The summed E-state index contributed by atoms with van der Waals surface area (Å²) < 4.78 is 73.9. The number of halogens is 4. The van der Waals surface area contributed by atoms with Gasteiger partial charge < -0.3 is 9.47 Å². The third-order valence-electron chi connectivity index (χ3n) is 3.59. The molecule has 0 amide bonds. The van der Waals surface area contributed by atoms with Crippen LogP contribution in [0.5, 0.6) is 5.75 Å². The molecule has 2 aromatic rings. The van der Waals surface area contributed by atoms with Gasteiger partial charge in [-0.25, -0.2) is 13.1 Å². The van der Waals surface area contributed by atoms with E-state index >= 15 is 0 Å². The molecule has 2 aromatic carbocycles. The number of carbonyl (C=O) groups is 1. The topological polar surface area (TPSA) is 81.7 Å². The molecule has 0 spiro atoms. The van der Waals surface area contributed by atoms with Gasteiger partial charge in [0.2, 0.25) is 10.0 Å². The van der Waals surface area contributed by atoms with Gasteiger partial charge in [0.25, 0.3) is 0 Å². The van der Waals surface area contributed by atoms with E-state index in [2.05, 4.69) is 25.4 Å². The fourth-order valence-electron chi connectivity index (χ4n) is 2.41. The fourth-order valence-corrected chi connectivity index (χ4v) is 4.05. The highest BCUT2D eigenvalue weighted by atomic mass is 79.9. The fraction of sp³-hybridized carbons (Fsp3) is 0.278. The zero-order valence-corrected chi connectivity index (χ0v) is 17.5. The number of benzene rings is 2. The van der Waals surface area contributed by atoms with Crippen molar-refractivity contribution in [2.45, 2.75) is 30.6 Å². The van der Waals surface area contributed by atoms with Crippen LogP contribution < -0.4 is 9.46 Å². The number of ether oxygens (including phenoxy) is 2. The second-order valence-corrected chi connectivity index (χ2v) is 8.39. The lowest BCUT2D eigenvalue weighted by Gasteiger charge is -2.19. The number of nitrogens with one attached hydrogen (secondary N) is 1. The molecule has 0 heterocycles. The molecule has 0 aliphatic heterocycles. The van der Waals surface area contributed by atoms with Gasteiger partial charge in [0.1, 0.15) is 5.75 Å². The van der Waals surface area contributed by atoms with E-state index in [4.69, 9.17) is 4.74 Å². The van der Waals surface area contributed by atoms with Crippen molar-refractivity contribution < 1.29 is 35.9 Å². The molecular weight excluding hydrogens is 479 g/mol. The second-order valence-electron chi connectivity index (χ2n) is 5.76.